The molecule has 122 valence electrons. The molecule has 24 heavy (non-hydrogen) atoms. The average molecular weight is 322 g/mol. The normalized spacial score (nSPS) is 21.3. The fraction of sp³-hybridized carbons (Fsp3) is 0.273. The molecule has 2 aliphatic carbocycles. The van der Waals surface area contributed by atoms with Crippen LogP contribution < -0.4 is 0 Å². The van der Waals surface area contributed by atoms with E-state index >= 15 is 0 Å². The molecule has 0 aliphatic heterocycles. The molecule has 2 aromatic rings. The van der Waals surface area contributed by atoms with Crippen molar-refractivity contribution in [2.24, 2.45) is 0 Å². The molecule has 0 fully saturated rings. The minimum absolute atomic E-state index is 0.175. The predicted octanol–water partition coefficient (Wildman–Crippen LogP) is 6.45. The van der Waals surface area contributed by atoms with Gasteiger partial charge in [-0.2, -0.15) is 0 Å². The second-order valence-electron chi connectivity index (χ2n) is 7.01. The maximum Gasteiger partial charge on any atom is 0.123 e. The minimum Gasteiger partial charge on any atom is -0.207 e. The number of benzene rings is 2. The van der Waals surface area contributed by atoms with Crippen LogP contribution in [-0.2, 0) is 0 Å². The Labute approximate surface area is 141 Å². The van der Waals surface area contributed by atoms with Crippen LogP contribution in [0.1, 0.15) is 60.8 Å². The summed E-state index contributed by atoms with van der Waals surface area (Å²) in [6, 6.07) is 10.1. The second-order valence-corrected chi connectivity index (χ2v) is 7.01. The molecule has 2 aromatic carbocycles. The molecule has 0 nitrogen and oxygen atoms in total. The van der Waals surface area contributed by atoms with Gasteiger partial charge in [0, 0.05) is 11.8 Å². The van der Waals surface area contributed by atoms with Crippen molar-refractivity contribution in [1.82, 2.24) is 0 Å². The van der Waals surface area contributed by atoms with Crippen LogP contribution in [0.4, 0.5) is 8.78 Å². The van der Waals surface area contributed by atoms with Crippen LogP contribution in [0.3, 0.4) is 0 Å². The third-order valence-electron chi connectivity index (χ3n) is 5.46. The van der Waals surface area contributed by atoms with E-state index in [0.717, 1.165) is 35.1 Å². The summed E-state index contributed by atoms with van der Waals surface area (Å²) in [5.41, 5.74) is 7.01. The lowest BCUT2D eigenvalue weighted by atomic mass is 9.85. The maximum atomic E-state index is 13.6. The van der Waals surface area contributed by atoms with E-state index in [1.54, 1.807) is 12.1 Å². The molecule has 2 atom stereocenters. The first-order valence-electron chi connectivity index (χ1n) is 8.48. The Balaban J connectivity index is 1.57. The highest BCUT2D eigenvalue weighted by atomic mass is 19.1. The van der Waals surface area contributed by atoms with Gasteiger partial charge in [-0.25, -0.2) is 8.78 Å². The SMILES string of the molecule is CC1=Cc2ccc(F)cc2C1CCC1C(C)=Cc2ccc(F)cc21. The quantitative estimate of drug-likeness (QED) is 0.609. The molecule has 0 N–H and O–H groups in total. The highest BCUT2D eigenvalue weighted by molar-refractivity contribution is 5.67. The summed E-state index contributed by atoms with van der Waals surface area (Å²) in [6.45, 7) is 4.24. The molecule has 2 unspecified atom stereocenters. The number of rotatable bonds is 3. The summed E-state index contributed by atoms with van der Waals surface area (Å²) in [5, 5.41) is 0. The number of halogens is 2. The summed E-state index contributed by atoms with van der Waals surface area (Å²) in [7, 11) is 0. The van der Waals surface area contributed by atoms with Crippen LogP contribution in [0.2, 0.25) is 0 Å². The topological polar surface area (TPSA) is 0 Å². The maximum absolute atomic E-state index is 13.6. The molecule has 0 aromatic heterocycles. The van der Waals surface area contributed by atoms with Crippen molar-refractivity contribution in [1.29, 1.82) is 0 Å². The summed E-state index contributed by atoms with van der Waals surface area (Å²) in [5.74, 6) is 0.180. The third kappa shape index (κ3) is 2.50. The van der Waals surface area contributed by atoms with Crippen molar-refractivity contribution >= 4 is 12.2 Å². The van der Waals surface area contributed by atoms with Gasteiger partial charge in [0.1, 0.15) is 11.6 Å². The predicted molar refractivity (Wildman–Crippen MR) is 94.8 cm³/mol. The van der Waals surface area contributed by atoms with Crippen LogP contribution in [0, 0.1) is 11.6 Å². The van der Waals surface area contributed by atoms with Crippen molar-refractivity contribution in [3.8, 4) is 0 Å². The van der Waals surface area contributed by atoms with E-state index in [1.165, 1.54) is 23.3 Å². The summed E-state index contributed by atoms with van der Waals surface area (Å²) in [6.07, 6.45) is 6.21. The van der Waals surface area contributed by atoms with E-state index in [2.05, 4.69) is 26.0 Å². The monoisotopic (exact) mass is 322 g/mol. The summed E-state index contributed by atoms with van der Waals surface area (Å²) < 4.78 is 27.3. The zero-order chi connectivity index (χ0) is 16.8. The fourth-order valence-electron chi connectivity index (χ4n) is 4.24. The van der Waals surface area contributed by atoms with Crippen LogP contribution in [0.5, 0.6) is 0 Å². The first kappa shape index (κ1) is 15.3. The molecule has 0 radical (unpaired) electrons. The van der Waals surface area contributed by atoms with Crippen LogP contribution in [0.25, 0.3) is 12.2 Å². The van der Waals surface area contributed by atoms with Crippen molar-refractivity contribution in [3.05, 3.63) is 81.4 Å². The molecular weight excluding hydrogens is 302 g/mol. The number of hydrogen-bond acceptors (Lipinski definition) is 0. The van der Waals surface area contributed by atoms with Gasteiger partial charge in [0.05, 0.1) is 0 Å². The summed E-state index contributed by atoms with van der Waals surface area (Å²) >= 11 is 0. The number of allylic oxidation sites excluding steroid dienone is 2. The van der Waals surface area contributed by atoms with Crippen molar-refractivity contribution in [2.75, 3.05) is 0 Å². The lowest BCUT2D eigenvalue weighted by Gasteiger charge is -2.19. The van der Waals surface area contributed by atoms with Gasteiger partial charge in [-0.15, -0.1) is 0 Å². The molecule has 0 saturated carbocycles. The van der Waals surface area contributed by atoms with E-state index < -0.39 is 0 Å². The van der Waals surface area contributed by atoms with Crippen LogP contribution >= 0.6 is 0 Å². The van der Waals surface area contributed by atoms with Gasteiger partial charge in [-0.05, 0) is 73.2 Å². The summed E-state index contributed by atoms with van der Waals surface area (Å²) in [4.78, 5) is 0. The molecule has 0 amide bonds. The average Bonchev–Trinajstić information content (AvgIpc) is 3.01. The first-order valence-corrected chi connectivity index (χ1v) is 8.48. The molecular formula is C22H20F2. The van der Waals surface area contributed by atoms with E-state index in [1.807, 2.05) is 12.1 Å². The molecule has 2 aliphatic rings. The Kier molecular flexibility index (Phi) is 3.64. The minimum atomic E-state index is -0.175. The van der Waals surface area contributed by atoms with Gasteiger partial charge in [0.25, 0.3) is 0 Å². The van der Waals surface area contributed by atoms with Crippen LogP contribution in [0.15, 0.2) is 47.5 Å². The van der Waals surface area contributed by atoms with Gasteiger partial charge in [0.15, 0.2) is 0 Å². The van der Waals surface area contributed by atoms with E-state index in [9.17, 15) is 8.78 Å². The van der Waals surface area contributed by atoms with Crippen LogP contribution in [-0.4, -0.2) is 0 Å². The Morgan fingerprint density at radius 3 is 1.54 bits per heavy atom. The van der Waals surface area contributed by atoms with Crippen molar-refractivity contribution in [2.45, 2.75) is 38.5 Å². The molecule has 4 rings (SSSR count). The van der Waals surface area contributed by atoms with Crippen molar-refractivity contribution < 1.29 is 8.78 Å². The molecule has 0 bridgehead atoms. The highest BCUT2D eigenvalue weighted by Gasteiger charge is 2.27. The molecule has 0 saturated heterocycles. The van der Waals surface area contributed by atoms with Gasteiger partial charge in [-0.1, -0.05) is 35.4 Å². The lowest BCUT2D eigenvalue weighted by molar-refractivity contribution is 0.591. The number of hydrogen-bond donors (Lipinski definition) is 0. The fourth-order valence-corrected chi connectivity index (χ4v) is 4.24. The molecule has 0 spiro atoms. The zero-order valence-corrected chi connectivity index (χ0v) is 13.9. The smallest absolute Gasteiger partial charge is 0.123 e. The number of fused-ring (bicyclic) bond motifs is 2. The highest BCUT2D eigenvalue weighted by Crippen LogP contribution is 2.44. The first-order chi connectivity index (χ1) is 11.5. The Morgan fingerprint density at radius 2 is 1.12 bits per heavy atom. The zero-order valence-electron chi connectivity index (χ0n) is 13.9. The lowest BCUT2D eigenvalue weighted by Crippen LogP contribution is -2.04. The largest absolute Gasteiger partial charge is 0.207 e. The van der Waals surface area contributed by atoms with Gasteiger partial charge in [0.2, 0.25) is 0 Å². The van der Waals surface area contributed by atoms with Gasteiger partial charge >= 0.3 is 0 Å². The van der Waals surface area contributed by atoms with E-state index in [-0.39, 0.29) is 23.5 Å². The third-order valence-corrected chi connectivity index (χ3v) is 5.46. The van der Waals surface area contributed by atoms with E-state index in [4.69, 9.17) is 0 Å². The second kappa shape index (κ2) is 5.70. The Hall–Kier alpha value is -2.22. The Morgan fingerprint density at radius 1 is 0.708 bits per heavy atom. The van der Waals surface area contributed by atoms with Crippen molar-refractivity contribution in [3.63, 3.8) is 0 Å². The molecule has 0 heterocycles. The van der Waals surface area contributed by atoms with Gasteiger partial charge in [-0.3, -0.25) is 0 Å². The van der Waals surface area contributed by atoms with Gasteiger partial charge < -0.3 is 0 Å². The standard InChI is InChI=1S/C22H20F2/c1-13-9-15-3-5-17(23)11-21(15)19(13)7-8-20-14(2)10-16-4-6-18(24)12-22(16)20/h3-6,9-12,19-20H,7-8H2,1-2H3. The van der Waals surface area contributed by atoms with E-state index in [0.29, 0.717) is 0 Å². The molecule has 2 heteroatoms. The Bertz CT molecular complexity index is 800.